The first-order valence-corrected chi connectivity index (χ1v) is 9.33. The number of aromatic nitrogens is 1. The van der Waals surface area contributed by atoms with Gasteiger partial charge in [0, 0.05) is 17.7 Å². The van der Waals surface area contributed by atoms with Crippen LogP contribution in [0.25, 0.3) is 11.3 Å². The summed E-state index contributed by atoms with van der Waals surface area (Å²) in [6, 6.07) is 13.3. The lowest BCUT2D eigenvalue weighted by atomic mass is 10.1. The van der Waals surface area contributed by atoms with Crippen LogP contribution >= 0.6 is 0 Å². The molecule has 0 amide bonds. The Balaban J connectivity index is 2.20. The Morgan fingerprint density at radius 1 is 0.962 bits per heavy atom. The highest BCUT2D eigenvalue weighted by atomic mass is 16.5. The lowest BCUT2D eigenvalue weighted by molar-refractivity contribution is 0.0480. The van der Waals surface area contributed by atoms with E-state index < -0.39 is 5.97 Å². The summed E-state index contributed by atoms with van der Waals surface area (Å²) in [5, 5.41) is 0. The van der Waals surface area contributed by atoms with Crippen LogP contribution in [0.4, 0.5) is 0 Å². The number of esters is 1. The number of hydrogen-bond donors (Lipinski definition) is 0. The predicted molar refractivity (Wildman–Crippen MR) is 104 cm³/mol. The van der Waals surface area contributed by atoms with Crippen LogP contribution in [0.3, 0.4) is 0 Å². The first-order chi connectivity index (χ1) is 12.5. The van der Waals surface area contributed by atoms with E-state index in [0.717, 1.165) is 18.4 Å². The molecule has 0 saturated heterocycles. The van der Waals surface area contributed by atoms with Crippen molar-refractivity contribution in [2.45, 2.75) is 40.5 Å². The topological polar surface area (TPSA) is 48.4 Å². The number of rotatable bonds is 9. The third kappa shape index (κ3) is 6.51. The molecule has 0 N–H and O–H groups in total. The second-order valence-corrected chi connectivity index (χ2v) is 7.29. The van der Waals surface area contributed by atoms with E-state index in [0.29, 0.717) is 36.5 Å². The molecule has 0 aliphatic rings. The van der Waals surface area contributed by atoms with Gasteiger partial charge >= 0.3 is 5.97 Å². The van der Waals surface area contributed by atoms with Gasteiger partial charge in [-0.3, -0.25) is 0 Å². The van der Waals surface area contributed by atoms with E-state index in [1.54, 1.807) is 6.07 Å². The Bertz CT molecular complexity index is 696. The molecule has 4 nitrogen and oxygen atoms in total. The molecule has 140 valence electrons. The van der Waals surface area contributed by atoms with Crippen LogP contribution < -0.4 is 4.74 Å². The molecule has 0 aliphatic carbocycles. The van der Waals surface area contributed by atoms with Crippen molar-refractivity contribution in [2.24, 2.45) is 11.8 Å². The molecule has 0 fully saturated rings. The molecule has 2 aromatic rings. The zero-order valence-electron chi connectivity index (χ0n) is 16.2. The van der Waals surface area contributed by atoms with Crippen molar-refractivity contribution >= 4 is 5.97 Å². The molecule has 0 spiro atoms. The summed E-state index contributed by atoms with van der Waals surface area (Å²) in [5.74, 6) is 1.29. The molecule has 1 aromatic heterocycles. The van der Waals surface area contributed by atoms with Gasteiger partial charge in [0.05, 0.1) is 18.9 Å². The fourth-order valence-electron chi connectivity index (χ4n) is 2.32. The summed E-state index contributed by atoms with van der Waals surface area (Å²) in [7, 11) is 0. The van der Waals surface area contributed by atoms with E-state index >= 15 is 0 Å². The van der Waals surface area contributed by atoms with Crippen molar-refractivity contribution in [3.8, 4) is 17.0 Å². The Kier molecular flexibility index (Phi) is 7.64. The Hall–Kier alpha value is -2.36. The molecule has 0 radical (unpaired) electrons. The highest BCUT2D eigenvalue weighted by Gasteiger charge is 2.14. The molecule has 2 rings (SSSR count). The minimum absolute atomic E-state index is 0.287. The molecule has 1 heterocycles. The minimum Gasteiger partial charge on any atom is -0.493 e. The number of nitrogens with zero attached hydrogens (tertiary/aromatic N) is 1. The number of hydrogen-bond acceptors (Lipinski definition) is 4. The molecule has 0 aliphatic heterocycles. The van der Waals surface area contributed by atoms with Crippen LogP contribution in [-0.4, -0.2) is 24.2 Å². The fraction of sp³-hybridized carbons (Fsp3) is 0.455. The van der Waals surface area contributed by atoms with Gasteiger partial charge in [-0.05, 0) is 24.7 Å². The maximum Gasteiger partial charge on any atom is 0.357 e. The minimum atomic E-state index is -0.405. The highest BCUT2D eigenvalue weighted by Crippen LogP contribution is 2.24. The molecule has 0 saturated carbocycles. The molecular formula is C22H29NO3. The summed E-state index contributed by atoms with van der Waals surface area (Å²) in [6.07, 6.45) is 1.79. The van der Waals surface area contributed by atoms with E-state index in [4.69, 9.17) is 9.47 Å². The van der Waals surface area contributed by atoms with Gasteiger partial charge in [-0.25, -0.2) is 9.78 Å². The van der Waals surface area contributed by atoms with Gasteiger partial charge in [-0.15, -0.1) is 0 Å². The second-order valence-electron chi connectivity index (χ2n) is 7.29. The van der Waals surface area contributed by atoms with Gasteiger partial charge in [0.2, 0.25) is 0 Å². The lowest BCUT2D eigenvalue weighted by Gasteiger charge is -2.12. The van der Waals surface area contributed by atoms with Crippen LogP contribution in [0.15, 0.2) is 42.5 Å². The first-order valence-electron chi connectivity index (χ1n) is 9.33. The summed E-state index contributed by atoms with van der Waals surface area (Å²) < 4.78 is 11.2. The summed E-state index contributed by atoms with van der Waals surface area (Å²) >= 11 is 0. The van der Waals surface area contributed by atoms with E-state index in [2.05, 4.69) is 32.7 Å². The summed E-state index contributed by atoms with van der Waals surface area (Å²) in [4.78, 5) is 16.9. The first kappa shape index (κ1) is 20.0. The average molecular weight is 355 g/mol. The maximum atomic E-state index is 12.4. The quantitative estimate of drug-likeness (QED) is 0.567. The van der Waals surface area contributed by atoms with Crippen LogP contribution in [0, 0.1) is 11.8 Å². The zero-order chi connectivity index (χ0) is 18.9. The predicted octanol–water partition coefficient (Wildman–Crippen LogP) is 5.38. The monoisotopic (exact) mass is 355 g/mol. The van der Waals surface area contributed by atoms with E-state index in [1.165, 1.54) is 0 Å². The number of pyridine rings is 1. The third-order valence-electron chi connectivity index (χ3n) is 3.97. The van der Waals surface area contributed by atoms with E-state index in [1.807, 2.05) is 36.4 Å². The maximum absolute atomic E-state index is 12.4. The van der Waals surface area contributed by atoms with Gasteiger partial charge in [0.15, 0.2) is 5.69 Å². The number of carbonyl (C=O) groups is 1. The molecule has 0 unspecified atom stereocenters. The Morgan fingerprint density at radius 3 is 2.27 bits per heavy atom. The van der Waals surface area contributed by atoms with Crippen molar-refractivity contribution < 1.29 is 14.3 Å². The molecular weight excluding hydrogens is 326 g/mol. The standard InChI is InChI=1S/C22H29NO3/c1-16(2)10-12-25-19-14-20(18-8-6-5-7-9-18)23-21(15-19)22(24)26-13-11-17(3)4/h5-9,14-17H,10-13H2,1-4H3. The van der Waals surface area contributed by atoms with Gasteiger partial charge in [0.25, 0.3) is 0 Å². The molecule has 0 atom stereocenters. The fourth-order valence-corrected chi connectivity index (χ4v) is 2.32. The van der Waals surface area contributed by atoms with Crippen molar-refractivity contribution in [3.63, 3.8) is 0 Å². The van der Waals surface area contributed by atoms with E-state index in [9.17, 15) is 4.79 Å². The average Bonchev–Trinajstić information content (AvgIpc) is 2.61. The molecule has 1 aromatic carbocycles. The SMILES string of the molecule is CC(C)CCOC(=O)c1cc(OCCC(C)C)cc(-c2ccccc2)n1. The summed E-state index contributed by atoms with van der Waals surface area (Å²) in [6.45, 7) is 9.52. The van der Waals surface area contributed by atoms with E-state index in [-0.39, 0.29) is 5.69 Å². The second kappa shape index (κ2) is 9.95. The number of carbonyl (C=O) groups excluding carboxylic acids is 1. The normalized spacial score (nSPS) is 11.0. The largest absolute Gasteiger partial charge is 0.493 e. The highest BCUT2D eigenvalue weighted by molar-refractivity contribution is 5.88. The van der Waals surface area contributed by atoms with Crippen molar-refractivity contribution in [1.29, 1.82) is 0 Å². The van der Waals surface area contributed by atoms with Crippen LogP contribution in [0.1, 0.15) is 51.0 Å². The van der Waals surface area contributed by atoms with Crippen molar-refractivity contribution in [3.05, 3.63) is 48.2 Å². The van der Waals surface area contributed by atoms with Crippen molar-refractivity contribution in [2.75, 3.05) is 13.2 Å². The van der Waals surface area contributed by atoms with Gasteiger partial charge in [0.1, 0.15) is 5.75 Å². The van der Waals surface area contributed by atoms with Crippen LogP contribution in [-0.2, 0) is 4.74 Å². The lowest BCUT2D eigenvalue weighted by Crippen LogP contribution is -2.11. The van der Waals surface area contributed by atoms with Gasteiger partial charge in [-0.2, -0.15) is 0 Å². The number of benzene rings is 1. The molecule has 26 heavy (non-hydrogen) atoms. The molecule has 4 heteroatoms. The van der Waals surface area contributed by atoms with Crippen LogP contribution in [0.5, 0.6) is 5.75 Å². The van der Waals surface area contributed by atoms with Gasteiger partial charge < -0.3 is 9.47 Å². The third-order valence-corrected chi connectivity index (χ3v) is 3.97. The number of ether oxygens (including phenoxy) is 2. The Morgan fingerprint density at radius 2 is 1.62 bits per heavy atom. The van der Waals surface area contributed by atoms with Crippen LogP contribution in [0.2, 0.25) is 0 Å². The zero-order valence-corrected chi connectivity index (χ0v) is 16.2. The summed E-state index contributed by atoms with van der Waals surface area (Å²) in [5.41, 5.74) is 1.94. The van der Waals surface area contributed by atoms with Crippen molar-refractivity contribution in [1.82, 2.24) is 4.98 Å². The van der Waals surface area contributed by atoms with Gasteiger partial charge in [-0.1, -0.05) is 58.0 Å². The Labute approximate surface area is 156 Å². The molecule has 0 bridgehead atoms. The smallest absolute Gasteiger partial charge is 0.357 e.